The van der Waals surface area contributed by atoms with E-state index in [2.05, 4.69) is 30.2 Å². The van der Waals surface area contributed by atoms with Gasteiger partial charge in [0.05, 0.1) is 0 Å². The molecule has 2 aromatic carbocycles. The monoisotopic (exact) mass is 244 g/mol. The molecule has 0 radical (unpaired) electrons. The van der Waals surface area contributed by atoms with Crippen molar-refractivity contribution >= 4 is 11.1 Å². The third-order valence-electron chi connectivity index (χ3n) is 2.96. The van der Waals surface area contributed by atoms with Crippen molar-refractivity contribution in [1.29, 1.82) is 0 Å². The zero-order chi connectivity index (χ0) is 13.5. The highest BCUT2D eigenvalue weighted by Gasteiger charge is 2.01. The lowest BCUT2D eigenvalue weighted by atomic mass is 9.99. The first-order chi connectivity index (χ1) is 9.35. The van der Waals surface area contributed by atoms with E-state index in [1.54, 1.807) is 0 Å². The molecular formula is C19H16. The second-order valence-electron chi connectivity index (χ2n) is 4.18. The van der Waals surface area contributed by atoms with Crippen molar-refractivity contribution in [3.8, 4) is 12.3 Å². The van der Waals surface area contributed by atoms with E-state index in [4.69, 9.17) is 6.42 Å². The molecule has 0 fully saturated rings. The summed E-state index contributed by atoms with van der Waals surface area (Å²) in [5, 5.41) is 0. The third kappa shape index (κ3) is 3.24. The molecular weight excluding hydrogens is 228 g/mol. The molecule has 0 aliphatic rings. The Hall–Kier alpha value is -2.52. The van der Waals surface area contributed by atoms with Crippen molar-refractivity contribution in [1.82, 2.24) is 0 Å². The summed E-state index contributed by atoms with van der Waals surface area (Å²) in [7, 11) is 0. The molecule has 92 valence electrons. The fraction of sp³-hybridized carbons (Fsp3) is 0.0526. The normalized spacial score (nSPS) is 12.0. The molecule has 0 heterocycles. The molecule has 2 aromatic rings. The van der Waals surface area contributed by atoms with Crippen molar-refractivity contribution in [2.45, 2.75) is 6.92 Å². The van der Waals surface area contributed by atoms with E-state index < -0.39 is 0 Å². The van der Waals surface area contributed by atoms with Crippen LogP contribution in [-0.4, -0.2) is 0 Å². The van der Waals surface area contributed by atoms with Crippen LogP contribution < -0.4 is 0 Å². The lowest BCUT2D eigenvalue weighted by Gasteiger charge is -2.05. The van der Waals surface area contributed by atoms with Gasteiger partial charge < -0.3 is 0 Å². The summed E-state index contributed by atoms with van der Waals surface area (Å²) in [6.45, 7) is 2.03. The molecule has 0 saturated heterocycles. The van der Waals surface area contributed by atoms with Gasteiger partial charge in [0.2, 0.25) is 0 Å². The Bertz CT molecular complexity index is 623. The summed E-state index contributed by atoms with van der Waals surface area (Å²) < 4.78 is 0. The smallest absolute Gasteiger partial charge is 0.0321 e. The van der Waals surface area contributed by atoms with Gasteiger partial charge in [-0.25, -0.2) is 0 Å². The van der Waals surface area contributed by atoms with Crippen molar-refractivity contribution in [2.24, 2.45) is 0 Å². The number of benzene rings is 2. The van der Waals surface area contributed by atoms with Crippen LogP contribution in [0.1, 0.15) is 18.1 Å². The predicted octanol–water partition coefficient (Wildman–Crippen LogP) is 4.81. The first-order valence-electron chi connectivity index (χ1n) is 6.30. The maximum Gasteiger partial charge on any atom is 0.0321 e. The fourth-order valence-corrected chi connectivity index (χ4v) is 1.95. The quantitative estimate of drug-likeness (QED) is 0.537. The van der Waals surface area contributed by atoms with Crippen LogP contribution in [0.15, 0.2) is 72.8 Å². The Balaban J connectivity index is 2.41. The molecule has 0 nitrogen and oxygen atoms in total. The minimum absolute atomic E-state index is 0.901. The summed E-state index contributed by atoms with van der Waals surface area (Å²) in [6, 6.07) is 20.3. The van der Waals surface area contributed by atoms with E-state index in [0.29, 0.717) is 0 Å². The molecule has 0 aliphatic carbocycles. The summed E-state index contributed by atoms with van der Waals surface area (Å²) >= 11 is 0. The van der Waals surface area contributed by atoms with Crippen LogP contribution in [0, 0.1) is 12.3 Å². The van der Waals surface area contributed by atoms with Gasteiger partial charge in [0.15, 0.2) is 0 Å². The van der Waals surface area contributed by atoms with Gasteiger partial charge >= 0.3 is 0 Å². The van der Waals surface area contributed by atoms with Gasteiger partial charge in [-0.1, -0.05) is 72.7 Å². The molecule has 0 unspecified atom stereocenters. The molecule has 0 bridgehead atoms. The topological polar surface area (TPSA) is 0 Å². The second-order valence-corrected chi connectivity index (χ2v) is 4.18. The van der Waals surface area contributed by atoms with Crippen LogP contribution in [0.2, 0.25) is 0 Å². The second kappa shape index (κ2) is 6.42. The van der Waals surface area contributed by atoms with Crippen LogP contribution >= 0.6 is 0 Å². The maximum atomic E-state index is 5.64. The minimum Gasteiger partial charge on any atom is -0.115 e. The summed E-state index contributed by atoms with van der Waals surface area (Å²) in [5.74, 6) is 2.77. The van der Waals surface area contributed by atoms with Gasteiger partial charge in [-0.2, -0.15) is 0 Å². The number of allylic oxidation sites excluding steroid dienone is 4. The Morgan fingerprint density at radius 3 is 1.89 bits per heavy atom. The maximum absolute atomic E-state index is 5.64. The average molecular weight is 244 g/mol. The molecule has 2 rings (SSSR count). The standard InChI is InChI=1S/C19H16/c1-3-16(18-11-7-5-8-12-18)15-17(4-2)19-13-9-6-10-14-19/h1,4-15H,2H3/b16-15+,17-4+. The highest BCUT2D eigenvalue weighted by molar-refractivity contribution is 5.89. The van der Waals surface area contributed by atoms with E-state index in [-0.39, 0.29) is 0 Å². The molecule has 0 amide bonds. The molecule has 0 aromatic heterocycles. The average Bonchev–Trinajstić information content (AvgIpc) is 2.50. The molecule has 0 N–H and O–H groups in total. The zero-order valence-corrected chi connectivity index (χ0v) is 11.0. The van der Waals surface area contributed by atoms with Crippen LogP contribution in [0.5, 0.6) is 0 Å². The Morgan fingerprint density at radius 1 is 0.895 bits per heavy atom. The van der Waals surface area contributed by atoms with E-state index in [1.807, 2.05) is 55.5 Å². The van der Waals surface area contributed by atoms with Gasteiger partial charge in [-0.3, -0.25) is 0 Å². The van der Waals surface area contributed by atoms with Gasteiger partial charge in [0.1, 0.15) is 0 Å². The van der Waals surface area contributed by atoms with Gasteiger partial charge in [0, 0.05) is 5.57 Å². The highest BCUT2D eigenvalue weighted by atomic mass is 14.0. The van der Waals surface area contributed by atoms with Gasteiger partial charge in [-0.05, 0) is 29.7 Å². The van der Waals surface area contributed by atoms with Crippen molar-refractivity contribution in [3.63, 3.8) is 0 Å². The lowest BCUT2D eigenvalue weighted by molar-refractivity contribution is 1.59. The molecule has 0 spiro atoms. The van der Waals surface area contributed by atoms with Gasteiger partial charge in [-0.15, -0.1) is 6.42 Å². The number of hydrogen-bond acceptors (Lipinski definition) is 0. The van der Waals surface area contributed by atoms with Gasteiger partial charge in [0.25, 0.3) is 0 Å². The molecule has 0 aliphatic heterocycles. The summed E-state index contributed by atoms with van der Waals surface area (Å²) in [5.41, 5.74) is 4.28. The largest absolute Gasteiger partial charge is 0.115 e. The molecule has 0 heteroatoms. The number of terminal acetylenes is 1. The molecule has 19 heavy (non-hydrogen) atoms. The van der Waals surface area contributed by atoms with E-state index in [1.165, 1.54) is 5.56 Å². The van der Waals surface area contributed by atoms with E-state index >= 15 is 0 Å². The number of hydrogen-bond donors (Lipinski definition) is 0. The van der Waals surface area contributed by atoms with Crippen LogP contribution in [0.4, 0.5) is 0 Å². The van der Waals surface area contributed by atoms with Crippen LogP contribution in [0.3, 0.4) is 0 Å². The first-order valence-corrected chi connectivity index (χ1v) is 6.30. The van der Waals surface area contributed by atoms with E-state index in [9.17, 15) is 0 Å². The highest BCUT2D eigenvalue weighted by Crippen LogP contribution is 2.21. The first kappa shape index (κ1) is 12.9. The van der Waals surface area contributed by atoms with Crippen molar-refractivity contribution in [2.75, 3.05) is 0 Å². The zero-order valence-electron chi connectivity index (χ0n) is 11.0. The van der Waals surface area contributed by atoms with Crippen LogP contribution in [0.25, 0.3) is 11.1 Å². The van der Waals surface area contributed by atoms with Crippen LogP contribution in [-0.2, 0) is 0 Å². The van der Waals surface area contributed by atoms with E-state index in [0.717, 1.165) is 16.7 Å². The van der Waals surface area contributed by atoms with Crippen molar-refractivity contribution in [3.05, 3.63) is 83.9 Å². The third-order valence-corrected chi connectivity index (χ3v) is 2.96. The Morgan fingerprint density at radius 2 is 1.42 bits per heavy atom. The number of rotatable bonds is 3. The minimum atomic E-state index is 0.901. The molecule has 0 atom stereocenters. The lowest BCUT2D eigenvalue weighted by Crippen LogP contribution is -1.84. The SMILES string of the molecule is C#C/C(=C\C(=C/C)c1ccccc1)c1ccccc1. The van der Waals surface area contributed by atoms with Crippen molar-refractivity contribution < 1.29 is 0 Å². The predicted molar refractivity (Wildman–Crippen MR) is 83.3 cm³/mol. The fourth-order valence-electron chi connectivity index (χ4n) is 1.95. The Labute approximate surface area is 115 Å². The Kier molecular flexibility index (Phi) is 4.37. The molecule has 0 saturated carbocycles. The summed E-state index contributed by atoms with van der Waals surface area (Å²) in [6.07, 6.45) is 9.78. The summed E-state index contributed by atoms with van der Waals surface area (Å²) in [4.78, 5) is 0.